The van der Waals surface area contributed by atoms with Crippen molar-refractivity contribution in [3.8, 4) is 0 Å². The summed E-state index contributed by atoms with van der Waals surface area (Å²) in [4.78, 5) is 6.47. The average Bonchev–Trinajstić information content (AvgIpc) is 2.57. The van der Waals surface area contributed by atoms with E-state index >= 15 is 0 Å². The van der Waals surface area contributed by atoms with Gasteiger partial charge in [-0.05, 0) is 31.2 Å². The van der Waals surface area contributed by atoms with Gasteiger partial charge in [-0.3, -0.25) is 4.99 Å². The minimum absolute atomic E-state index is 0.475. The van der Waals surface area contributed by atoms with Gasteiger partial charge in [0, 0.05) is 40.3 Å². The summed E-state index contributed by atoms with van der Waals surface area (Å²) in [5.41, 5.74) is 2.51. The second-order valence-electron chi connectivity index (χ2n) is 6.88. The lowest BCUT2D eigenvalue weighted by atomic mass is 9.98. The second-order valence-corrected chi connectivity index (χ2v) is 8.86. The zero-order valence-corrected chi connectivity index (χ0v) is 16.5. The number of guanidine groups is 1. The van der Waals surface area contributed by atoms with Gasteiger partial charge in [-0.1, -0.05) is 29.8 Å². The molecule has 6 nitrogen and oxygen atoms in total. The Morgan fingerprint density at radius 2 is 1.88 bits per heavy atom. The number of nitrogens with one attached hydrogen (secondary N) is 1. The summed E-state index contributed by atoms with van der Waals surface area (Å²) in [6.07, 6.45) is 3.06. The van der Waals surface area contributed by atoms with E-state index in [1.54, 1.807) is 11.4 Å². The van der Waals surface area contributed by atoms with Crippen molar-refractivity contribution in [2.75, 3.05) is 40.0 Å². The fourth-order valence-electron chi connectivity index (χ4n) is 3.11. The van der Waals surface area contributed by atoms with Crippen LogP contribution in [-0.4, -0.2) is 63.6 Å². The first kappa shape index (κ1) is 19.7. The van der Waals surface area contributed by atoms with Crippen LogP contribution in [-0.2, 0) is 16.6 Å². The van der Waals surface area contributed by atoms with Gasteiger partial charge in [0.25, 0.3) is 0 Å². The average molecular weight is 367 g/mol. The number of hydrogen-bond acceptors (Lipinski definition) is 3. The molecule has 1 aliphatic rings. The maximum Gasteiger partial charge on any atom is 0.211 e. The van der Waals surface area contributed by atoms with E-state index in [4.69, 9.17) is 0 Å². The first-order chi connectivity index (χ1) is 11.8. The molecule has 1 saturated heterocycles. The van der Waals surface area contributed by atoms with Gasteiger partial charge in [0.15, 0.2) is 5.96 Å². The summed E-state index contributed by atoms with van der Waals surface area (Å²) in [6, 6.07) is 8.52. The lowest BCUT2D eigenvalue weighted by Gasteiger charge is -2.31. The summed E-state index contributed by atoms with van der Waals surface area (Å²) in [5, 5.41) is 3.43. The van der Waals surface area contributed by atoms with E-state index < -0.39 is 10.0 Å². The van der Waals surface area contributed by atoms with Crippen LogP contribution in [0.5, 0.6) is 0 Å². The first-order valence-electron chi connectivity index (χ1n) is 8.72. The van der Waals surface area contributed by atoms with Gasteiger partial charge in [-0.15, -0.1) is 0 Å². The molecule has 0 radical (unpaired) electrons. The molecule has 1 N–H and O–H groups in total. The molecule has 140 valence electrons. The molecule has 1 aromatic carbocycles. The Labute approximate surface area is 152 Å². The SMILES string of the molecule is CN=C(NCC1CCN(S(C)(=O)=O)CC1)N(C)Cc1ccc(C)cc1. The monoisotopic (exact) mass is 366 g/mol. The van der Waals surface area contributed by atoms with Gasteiger partial charge >= 0.3 is 0 Å². The zero-order valence-electron chi connectivity index (χ0n) is 15.7. The number of hydrogen-bond donors (Lipinski definition) is 1. The number of piperidine rings is 1. The standard InChI is InChI=1S/C18H30N4O2S/c1-15-5-7-17(8-6-15)14-21(3)18(19-2)20-13-16-9-11-22(12-10-16)25(4,23)24/h5-8,16H,9-14H2,1-4H3,(H,19,20). The van der Waals surface area contributed by atoms with E-state index in [9.17, 15) is 8.42 Å². The van der Waals surface area contributed by atoms with Crippen molar-refractivity contribution in [3.05, 3.63) is 35.4 Å². The van der Waals surface area contributed by atoms with E-state index in [0.29, 0.717) is 19.0 Å². The summed E-state index contributed by atoms with van der Waals surface area (Å²) in [7, 11) is 0.766. The number of rotatable bonds is 5. The number of aliphatic imine (C=N–C) groups is 1. The molecule has 7 heteroatoms. The van der Waals surface area contributed by atoms with Crippen molar-refractivity contribution in [1.29, 1.82) is 0 Å². The van der Waals surface area contributed by atoms with Crippen molar-refractivity contribution < 1.29 is 8.42 Å². The molecule has 1 heterocycles. The summed E-state index contributed by atoms with van der Waals surface area (Å²) < 4.78 is 24.7. The highest BCUT2D eigenvalue weighted by Crippen LogP contribution is 2.18. The predicted molar refractivity (Wildman–Crippen MR) is 103 cm³/mol. The fraction of sp³-hybridized carbons (Fsp3) is 0.611. The molecule has 1 fully saturated rings. The number of sulfonamides is 1. The quantitative estimate of drug-likeness (QED) is 0.636. The Morgan fingerprint density at radius 1 is 1.28 bits per heavy atom. The molecule has 0 saturated carbocycles. The molecule has 1 aromatic rings. The van der Waals surface area contributed by atoms with E-state index in [1.807, 2.05) is 7.05 Å². The predicted octanol–water partition coefficient (Wildman–Crippen LogP) is 1.67. The lowest BCUT2D eigenvalue weighted by Crippen LogP contribution is -2.44. The maximum atomic E-state index is 11.6. The molecule has 0 bridgehead atoms. The van der Waals surface area contributed by atoms with Crippen LogP contribution in [0.3, 0.4) is 0 Å². The molecular weight excluding hydrogens is 336 g/mol. The summed E-state index contributed by atoms with van der Waals surface area (Å²) in [6.45, 7) is 4.93. The van der Waals surface area contributed by atoms with Crippen LogP contribution >= 0.6 is 0 Å². The van der Waals surface area contributed by atoms with Gasteiger partial charge in [0.2, 0.25) is 10.0 Å². The van der Waals surface area contributed by atoms with Gasteiger partial charge < -0.3 is 10.2 Å². The minimum atomic E-state index is -3.06. The van der Waals surface area contributed by atoms with Gasteiger partial charge in [0.05, 0.1) is 6.26 Å². The van der Waals surface area contributed by atoms with Gasteiger partial charge in [-0.25, -0.2) is 12.7 Å². The summed E-state index contributed by atoms with van der Waals surface area (Å²) >= 11 is 0. The number of aryl methyl sites for hydroxylation is 1. The third kappa shape index (κ3) is 6.01. The van der Waals surface area contributed by atoms with Crippen molar-refractivity contribution in [3.63, 3.8) is 0 Å². The molecule has 0 aliphatic carbocycles. The van der Waals surface area contributed by atoms with Crippen LogP contribution in [0.1, 0.15) is 24.0 Å². The lowest BCUT2D eigenvalue weighted by molar-refractivity contribution is 0.273. The van der Waals surface area contributed by atoms with Gasteiger partial charge in [0.1, 0.15) is 0 Å². The highest BCUT2D eigenvalue weighted by Gasteiger charge is 2.25. The van der Waals surface area contributed by atoms with Gasteiger partial charge in [-0.2, -0.15) is 0 Å². The van der Waals surface area contributed by atoms with Crippen molar-refractivity contribution in [2.45, 2.75) is 26.3 Å². The third-order valence-electron chi connectivity index (χ3n) is 4.71. The van der Waals surface area contributed by atoms with Crippen LogP contribution < -0.4 is 5.32 Å². The zero-order chi connectivity index (χ0) is 18.4. The molecule has 0 unspecified atom stereocenters. The first-order valence-corrected chi connectivity index (χ1v) is 10.6. The van der Waals surface area contributed by atoms with E-state index in [2.05, 4.69) is 46.4 Å². The Morgan fingerprint density at radius 3 is 2.40 bits per heavy atom. The van der Waals surface area contributed by atoms with Crippen LogP contribution in [0.4, 0.5) is 0 Å². The molecular formula is C18H30N4O2S. The van der Waals surface area contributed by atoms with E-state index in [1.165, 1.54) is 17.4 Å². The summed E-state index contributed by atoms with van der Waals surface area (Å²) in [5.74, 6) is 1.34. The van der Waals surface area contributed by atoms with E-state index in [-0.39, 0.29) is 0 Å². The van der Waals surface area contributed by atoms with Crippen LogP contribution in [0.25, 0.3) is 0 Å². The largest absolute Gasteiger partial charge is 0.356 e. The van der Waals surface area contributed by atoms with Crippen LogP contribution in [0.15, 0.2) is 29.3 Å². The molecule has 0 atom stereocenters. The molecule has 0 aromatic heterocycles. The number of nitrogens with zero attached hydrogens (tertiary/aromatic N) is 3. The Hall–Kier alpha value is -1.60. The topological polar surface area (TPSA) is 65.0 Å². The van der Waals surface area contributed by atoms with Crippen molar-refractivity contribution in [2.24, 2.45) is 10.9 Å². The molecule has 0 amide bonds. The smallest absolute Gasteiger partial charge is 0.211 e. The van der Waals surface area contributed by atoms with E-state index in [0.717, 1.165) is 31.9 Å². The Kier molecular flexibility index (Phi) is 6.84. The normalized spacial score (nSPS) is 17.5. The van der Waals surface area contributed by atoms with Crippen LogP contribution in [0.2, 0.25) is 0 Å². The molecule has 25 heavy (non-hydrogen) atoms. The van der Waals surface area contributed by atoms with Crippen molar-refractivity contribution >= 4 is 16.0 Å². The Bertz CT molecular complexity index is 678. The maximum absolute atomic E-state index is 11.6. The van der Waals surface area contributed by atoms with Crippen LogP contribution in [0, 0.1) is 12.8 Å². The van der Waals surface area contributed by atoms with Crippen molar-refractivity contribution in [1.82, 2.24) is 14.5 Å². The highest BCUT2D eigenvalue weighted by atomic mass is 32.2. The molecule has 1 aliphatic heterocycles. The molecule has 2 rings (SSSR count). The Balaban J connectivity index is 1.81. The fourth-order valence-corrected chi connectivity index (χ4v) is 3.98. The third-order valence-corrected chi connectivity index (χ3v) is 6.01. The number of benzene rings is 1. The second kappa shape index (κ2) is 8.67. The molecule has 0 spiro atoms. The minimum Gasteiger partial charge on any atom is -0.356 e. The highest BCUT2D eigenvalue weighted by molar-refractivity contribution is 7.88.